The second kappa shape index (κ2) is 14.8. The summed E-state index contributed by atoms with van der Waals surface area (Å²) >= 11 is 0. The van der Waals surface area contributed by atoms with Crippen LogP contribution in [0.25, 0.3) is 11.0 Å². The summed E-state index contributed by atoms with van der Waals surface area (Å²) in [6, 6.07) is 0.994. The van der Waals surface area contributed by atoms with E-state index in [0.717, 1.165) is 37.0 Å². The number of alkyl carbamates (subject to hydrolysis) is 1. The highest BCUT2D eigenvalue weighted by Gasteiger charge is 2.49. The molecule has 1 saturated heterocycles. The van der Waals surface area contributed by atoms with Crippen molar-refractivity contribution in [3.05, 3.63) is 49.2 Å². The second-order valence-corrected chi connectivity index (χ2v) is 13.8. The molecule has 1 N–H and O–H groups in total. The molecule has 2 aromatic rings. The number of fused-ring (bicyclic) bond motifs is 2. The van der Waals surface area contributed by atoms with Gasteiger partial charge >= 0.3 is 24.6 Å². The Labute approximate surface area is 292 Å². The van der Waals surface area contributed by atoms with Gasteiger partial charge in [-0.2, -0.15) is 17.6 Å². The summed E-state index contributed by atoms with van der Waals surface area (Å²) < 4.78 is 77.0. The zero-order valence-electron chi connectivity index (χ0n) is 28.7. The average molecular weight is 717 g/mol. The number of aromatic nitrogens is 2. The number of amides is 2. The molecule has 2 amide bonds. The number of alkyl halides is 4. The summed E-state index contributed by atoms with van der Waals surface area (Å²) in [5.41, 5.74) is -1.95. The molecule has 3 aliphatic rings. The molecule has 0 radical (unpaired) electrons. The van der Waals surface area contributed by atoms with Crippen molar-refractivity contribution in [1.82, 2.24) is 20.2 Å². The van der Waals surface area contributed by atoms with E-state index in [9.17, 15) is 23.2 Å². The Hall–Kier alpha value is -4.87. The fourth-order valence-corrected chi connectivity index (χ4v) is 6.71. The van der Waals surface area contributed by atoms with E-state index in [2.05, 4.69) is 45.0 Å². The van der Waals surface area contributed by atoms with Crippen LogP contribution in [-0.2, 0) is 25.0 Å². The minimum absolute atomic E-state index is 0.0315. The van der Waals surface area contributed by atoms with Crippen molar-refractivity contribution in [1.29, 1.82) is 0 Å². The fourth-order valence-electron chi connectivity index (χ4n) is 6.71. The number of halogens is 4. The number of carbonyl (C=O) groups excluding carboxylic acids is 3. The molecule has 15 heteroatoms. The largest absolute Gasteiger partial charge is 0.471 e. The maximum atomic E-state index is 15.1. The predicted molar refractivity (Wildman–Crippen MR) is 176 cm³/mol. The lowest BCUT2D eigenvalue weighted by Crippen LogP contribution is -2.57. The standard InChI is InChI=1S/C36H40F4N4O7/c1-7-9-10-23-22-13-11-19(22)15-27(23)51-34(47)43-29(35(3,4)5)31(45)44-18-21(17-26(44)32(46)48-6)49-30-28(36(39,40)8-2)41-24-14-12-20(50-33(37)38)16-25(24)42-30/h7-8,12,14,16,19,21-23,26-27,29,33H,1-2,9-10,15,17-18H2,3-6H3,(H,43,47)/t19-,21+,22-,23+,26-,27+,29+/m0/s1. The summed E-state index contributed by atoms with van der Waals surface area (Å²) in [5.74, 6) is 0.452. The Morgan fingerprint density at radius 1 is 1.12 bits per heavy atom. The van der Waals surface area contributed by atoms with E-state index < -0.39 is 71.8 Å². The van der Waals surface area contributed by atoms with E-state index in [1.165, 1.54) is 6.07 Å². The molecular weight excluding hydrogens is 676 g/mol. The molecule has 11 nitrogen and oxygen atoms in total. The first-order valence-electron chi connectivity index (χ1n) is 16.5. The van der Waals surface area contributed by atoms with E-state index >= 15 is 8.78 Å². The van der Waals surface area contributed by atoms with Crippen molar-refractivity contribution in [2.75, 3.05) is 13.7 Å². The lowest BCUT2D eigenvalue weighted by atomic mass is 9.81. The number of allylic oxidation sites excluding steroid dienone is 2. The molecule has 2 aliphatic carbocycles. The zero-order chi connectivity index (χ0) is 37.2. The Morgan fingerprint density at radius 2 is 1.86 bits per heavy atom. The quantitative estimate of drug-likeness (QED) is 0.119. The van der Waals surface area contributed by atoms with E-state index in [1.807, 2.05) is 0 Å². The molecule has 1 aromatic heterocycles. The zero-order valence-corrected chi connectivity index (χ0v) is 28.7. The molecule has 0 spiro atoms. The van der Waals surface area contributed by atoms with Crippen molar-refractivity contribution >= 4 is 29.0 Å². The number of methoxy groups -OCH3 is 1. The molecule has 2 heterocycles. The van der Waals surface area contributed by atoms with Gasteiger partial charge in [0.1, 0.15) is 30.0 Å². The van der Waals surface area contributed by atoms with Crippen molar-refractivity contribution in [2.24, 2.45) is 23.2 Å². The third-order valence-corrected chi connectivity index (χ3v) is 9.33. The van der Waals surface area contributed by atoms with Crippen LogP contribution < -0.4 is 14.8 Å². The Balaban J connectivity index is 1.38. The predicted octanol–water partition coefficient (Wildman–Crippen LogP) is 5.78. The van der Waals surface area contributed by atoms with Crippen LogP contribution in [0.4, 0.5) is 22.4 Å². The first-order valence-corrected chi connectivity index (χ1v) is 16.5. The lowest BCUT2D eigenvalue weighted by molar-refractivity contribution is -0.152. The van der Waals surface area contributed by atoms with Crippen molar-refractivity contribution in [2.45, 2.75) is 83.3 Å². The van der Waals surface area contributed by atoms with Crippen LogP contribution >= 0.6 is 0 Å². The van der Waals surface area contributed by atoms with E-state index in [-0.39, 0.29) is 47.5 Å². The van der Waals surface area contributed by atoms with Gasteiger partial charge in [-0.05, 0) is 42.9 Å². The number of nitrogens with zero attached hydrogens (tertiary/aromatic N) is 3. The number of hydrogen-bond acceptors (Lipinski definition) is 9. The Morgan fingerprint density at radius 3 is 2.47 bits per heavy atom. The maximum absolute atomic E-state index is 15.1. The van der Waals surface area contributed by atoms with Crippen LogP contribution in [0.2, 0.25) is 0 Å². The highest BCUT2D eigenvalue weighted by molar-refractivity contribution is 5.91. The Kier molecular flexibility index (Phi) is 10.8. The van der Waals surface area contributed by atoms with Crippen molar-refractivity contribution in [3.63, 3.8) is 0 Å². The fraction of sp³-hybridized carbons (Fsp3) is 0.528. The maximum Gasteiger partial charge on any atom is 0.408 e. The SMILES string of the molecule is C=CCC[C@@H]1[C@H]2C#C[C@H]2C[C@H]1OC(=O)N[C@H](C(=O)N1C[C@H](Oc2nc3cc(OC(F)F)ccc3nc2C(F)(F)C=C)C[C@H]1C(=O)OC)C(C)(C)C. The number of rotatable bonds is 13. The normalized spacial score (nSPS) is 24.5. The van der Waals surface area contributed by atoms with Crippen LogP contribution in [0.1, 0.15) is 52.1 Å². The van der Waals surface area contributed by atoms with Crippen LogP contribution in [0.15, 0.2) is 43.5 Å². The summed E-state index contributed by atoms with van der Waals surface area (Å²) in [4.78, 5) is 49.8. The summed E-state index contributed by atoms with van der Waals surface area (Å²) in [7, 11) is 1.13. The number of hydrogen-bond donors (Lipinski definition) is 1. The first-order chi connectivity index (χ1) is 24.1. The molecule has 0 unspecified atom stereocenters. The minimum atomic E-state index is -3.73. The number of nitrogens with one attached hydrogen (secondary N) is 1. The number of ether oxygens (including phenoxy) is 4. The van der Waals surface area contributed by atoms with Gasteiger partial charge < -0.3 is 29.2 Å². The molecule has 0 bridgehead atoms. The summed E-state index contributed by atoms with van der Waals surface area (Å²) in [6.45, 7) is 8.69. The van der Waals surface area contributed by atoms with E-state index in [0.29, 0.717) is 12.5 Å². The third-order valence-electron chi connectivity index (χ3n) is 9.33. The van der Waals surface area contributed by atoms with Gasteiger partial charge in [0.05, 0.1) is 24.7 Å². The molecule has 7 atom stereocenters. The number of likely N-dealkylation sites (tertiary alicyclic amines) is 1. The highest BCUT2D eigenvalue weighted by Crippen LogP contribution is 2.45. The molecular formula is C36H40F4N4O7. The van der Waals surface area contributed by atoms with E-state index in [1.54, 1.807) is 26.8 Å². The number of carbonyl (C=O) groups is 3. The van der Waals surface area contributed by atoms with Crippen molar-refractivity contribution < 1.29 is 50.9 Å². The Bertz CT molecular complexity index is 1750. The van der Waals surface area contributed by atoms with Gasteiger partial charge in [0, 0.05) is 30.2 Å². The van der Waals surface area contributed by atoms with Crippen LogP contribution in [-0.4, -0.2) is 77.4 Å². The minimum Gasteiger partial charge on any atom is -0.471 e. The summed E-state index contributed by atoms with van der Waals surface area (Å²) in [5, 5.41) is 2.70. The van der Waals surface area contributed by atoms with Gasteiger partial charge in [0.2, 0.25) is 11.8 Å². The van der Waals surface area contributed by atoms with E-state index in [4.69, 9.17) is 14.2 Å². The molecule has 51 heavy (non-hydrogen) atoms. The van der Waals surface area contributed by atoms with Crippen LogP contribution in [0, 0.1) is 35.0 Å². The van der Waals surface area contributed by atoms with Gasteiger partial charge in [-0.1, -0.05) is 45.3 Å². The summed E-state index contributed by atoms with van der Waals surface area (Å²) in [6.07, 6.45) is 1.71. The molecule has 2 fully saturated rings. The smallest absolute Gasteiger partial charge is 0.408 e. The molecule has 274 valence electrons. The lowest BCUT2D eigenvalue weighted by Gasteiger charge is -2.35. The first kappa shape index (κ1) is 37.4. The third kappa shape index (κ3) is 8.05. The molecule has 5 rings (SSSR count). The van der Waals surface area contributed by atoms with Crippen LogP contribution in [0.5, 0.6) is 11.6 Å². The molecule has 1 aliphatic heterocycles. The topological polar surface area (TPSA) is 129 Å². The van der Waals surface area contributed by atoms with Gasteiger partial charge in [0.25, 0.3) is 0 Å². The van der Waals surface area contributed by atoms with Crippen molar-refractivity contribution in [3.8, 4) is 23.5 Å². The van der Waals surface area contributed by atoms with Crippen LogP contribution in [0.3, 0.4) is 0 Å². The second-order valence-electron chi connectivity index (χ2n) is 13.8. The van der Waals surface area contributed by atoms with Gasteiger partial charge in [-0.3, -0.25) is 4.79 Å². The average Bonchev–Trinajstić information content (AvgIpc) is 3.58. The van der Waals surface area contributed by atoms with Gasteiger partial charge in [-0.25, -0.2) is 19.6 Å². The number of esters is 1. The number of benzene rings is 1. The van der Waals surface area contributed by atoms with Gasteiger partial charge in [-0.15, -0.1) is 6.58 Å². The molecule has 1 aromatic carbocycles. The monoisotopic (exact) mass is 716 g/mol. The van der Waals surface area contributed by atoms with Gasteiger partial charge in [0.15, 0.2) is 5.69 Å². The highest BCUT2D eigenvalue weighted by atomic mass is 19.3. The molecule has 1 saturated carbocycles.